The maximum atomic E-state index is 12.1. The van der Waals surface area contributed by atoms with Crippen LogP contribution in [-0.2, 0) is 10.0 Å². The van der Waals surface area contributed by atoms with Crippen molar-refractivity contribution in [3.8, 4) is 6.07 Å². The lowest BCUT2D eigenvalue weighted by molar-refractivity contribution is 0.601. The Labute approximate surface area is 125 Å². The van der Waals surface area contributed by atoms with Crippen molar-refractivity contribution in [2.45, 2.75) is 16.0 Å². The van der Waals surface area contributed by atoms with Crippen LogP contribution in [0.25, 0.3) is 0 Å². The molecule has 0 radical (unpaired) electrons. The summed E-state index contributed by atoms with van der Waals surface area (Å²) in [4.78, 5) is 4.37. The lowest BCUT2D eigenvalue weighted by Gasteiger charge is -2.04. The summed E-state index contributed by atoms with van der Waals surface area (Å²) in [5.74, 6) is 0.313. The van der Waals surface area contributed by atoms with Gasteiger partial charge >= 0.3 is 0 Å². The summed E-state index contributed by atoms with van der Waals surface area (Å²) >= 11 is 2.58. The molecule has 104 valence electrons. The second kappa shape index (κ2) is 6.26. The van der Waals surface area contributed by atoms with Crippen LogP contribution in [0.2, 0.25) is 0 Å². The summed E-state index contributed by atoms with van der Waals surface area (Å²) in [6, 6.07) is 10.2. The smallest absolute Gasteiger partial charge is 0.255 e. The van der Waals surface area contributed by atoms with Gasteiger partial charge in [-0.15, -0.1) is 0 Å². The van der Waals surface area contributed by atoms with E-state index in [0.717, 1.165) is 9.90 Å². The Morgan fingerprint density at radius 2 is 2.10 bits per heavy atom. The minimum absolute atomic E-state index is 0.194. The fourth-order valence-corrected chi connectivity index (χ4v) is 4.49. The standard InChI is InChI=1S/C12H11N3O2S3/c1-9-11(18-8-7-13)19-12(14-9)15-20(16,17)10-5-3-2-4-6-10/h2-6H,8H2,1H3,(H,14,15). The van der Waals surface area contributed by atoms with Crippen molar-refractivity contribution >= 4 is 38.3 Å². The first-order valence-corrected chi connectivity index (χ1v) is 8.86. The third-order valence-corrected chi connectivity index (χ3v) is 6.08. The van der Waals surface area contributed by atoms with E-state index in [1.165, 1.54) is 35.2 Å². The fourth-order valence-electron chi connectivity index (χ4n) is 1.43. The molecule has 1 aromatic carbocycles. The molecule has 2 rings (SSSR count). The number of hydrogen-bond acceptors (Lipinski definition) is 6. The van der Waals surface area contributed by atoms with Gasteiger partial charge < -0.3 is 0 Å². The van der Waals surface area contributed by atoms with Crippen LogP contribution in [0.5, 0.6) is 0 Å². The molecule has 8 heteroatoms. The van der Waals surface area contributed by atoms with Crippen molar-refractivity contribution in [2.24, 2.45) is 0 Å². The van der Waals surface area contributed by atoms with Crippen LogP contribution in [0.4, 0.5) is 5.13 Å². The van der Waals surface area contributed by atoms with Gasteiger partial charge in [0.25, 0.3) is 10.0 Å². The number of aromatic nitrogens is 1. The van der Waals surface area contributed by atoms with Crippen LogP contribution < -0.4 is 4.72 Å². The number of nitrogens with one attached hydrogen (secondary N) is 1. The van der Waals surface area contributed by atoms with Crippen molar-refractivity contribution < 1.29 is 8.42 Å². The zero-order valence-corrected chi connectivity index (χ0v) is 13.0. The van der Waals surface area contributed by atoms with Crippen molar-refractivity contribution in [3.05, 3.63) is 36.0 Å². The first-order valence-electron chi connectivity index (χ1n) is 5.58. The van der Waals surface area contributed by atoms with Gasteiger partial charge in [-0.3, -0.25) is 4.72 Å². The number of aryl methyl sites for hydroxylation is 1. The largest absolute Gasteiger partial charge is 0.263 e. The summed E-state index contributed by atoms with van der Waals surface area (Å²) in [6.07, 6.45) is 0. The Morgan fingerprint density at radius 1 is 1.40 bits per heavy atom. The van der Waals surface area contributed by atoms with E-state index in [2.05, 4.69) is 9.71 Å². The lowest BCUT2D eigenvalue weighted by atomic mass is 10.4. The SMILES string of the molecule is Cc1nc(NS(=O)(=O)c2ccccc2)sc1SCC#N. The predicted octanol–water partition coefficient (Wildman–Crippen LogP) is 2.87. The molecule has 0 aliphatic heterocycles. The molecular formula is C12H11N3O2S3. The highest BCUT2D eigenvalue weighted by Crippen LogP contribution is 2.32. The Balaban J connectivity index is 2.20. The number of rotatable bonds is 5. The number of thiazole rings is 1. The average molecular weight is 325 g/mol. The molecule has 0 saturated heterocycles. The number of thioether (sulfide) groups is 1. The van der Waals surface area contributed by atoms with E-state index >= 15 is 0 Å². The first kappa shape index (κ1) is 14.8. The first-order chi connectivity index (χ1) is 9.53. The number of sulfonamides is 1. The molecule has 0 atom stereocenters. The molecule has 0 spiro atoms. The van der Waals surface area contributed by atoms with E-state index in [4.69, 9.17) is 5.26 Å². The van der Waals surface area contributed by atoms with Gasteiger partial charge in [-0.2, -0.15) is 5.26 Å². The van der Waals surface area contributed by atoms with Gasteiger partial charge in [0.05, 0.1) is 26.6 Å². The minimum Gasteiger partial charge on any atom is -0.255 e. The van der Waals surface area contributed by atoms with Crippen LogP contribution >= 0.6 is 23.1 Å². The van der Waals surface area contributed by atoms with Crippen molar-refractivity contribution in [3.63, 3.8) is 0 Å². The Kier molecular flexibility index (Phi) is 4.65. The lowest BCUT2D eigenvalue weighted by Crippen LogP contribution is -2.12. The normalized spacial score (nSPS) is 11.0. The van der Waals surface area contributed by atoms with Crippen molar-refractivity contribution in [1.82, 2.24) is 4.98 Å². The molecule has 1 heterocycles. The second-order valence-corrected chi connectivity index (χ2v) is 7.68. The molecule has 2 aromatic rings. The van der Waals surface area contributed by atoms with E-state index < -0.39 is 10.0 Å². The van der Waals surface area contributed by atoms with Gasteiger partial charge in [0.1, 0.15) is 0 Å². The zero-order chi connectivity index (χ0) is 14.6. The second-order valence-electron chi connectivity index (χ2n) is 3.76. The Hall–Kier alpha value is -1.56. The molecule has 0 fully saturated rings. The van der Waals surface area contributed by atoms with Gasteiger partial charge in [0.15, 0.2) is 5.13 Å². The number of anilines is 1. The van der Waals surface area contributed by atoms with Gasteiger partial charge in [-0.1, -0.05) is 41.3 Å². The van der Waals surface area contributed by atoms with Gasteiger partial charge in [0, 0.05) is 0 Å². The summed E-state index contributed by atoms with van der Waals surface area (Å²) in [7, 11) is -3.61. The van der Waals surface area contributed by atoms with Crippen molar-refractivity contribution in [2.75, 3.05) is 10.5 Å². The average Bonchev–Trinajstić information content (AvgIpc) is 2.76. The topological polar surface area (TPSA) is 82.8 Å². The van der Waals surface area contributed by atoms with Crippen LogP contribution in [0.15, 0.2) is 39.4 Å². The summed E-state index contributed by atoms with van der Waals surface area (Å²) in [5.41, 5.74) is 0.723. The molecule has 0 aliphatic rings. The molecule has 20 heavy (non-hydrogen) atoms. The van der Waals surface area contributed by atoms with E-state index in [1.54, 1.807) is 25.1 Å². The summed E-state index contributed by atoms with van der Waals surface area (Å²) in [6.45, 7) is 1.79. The molecular weight excluding hydrogens is 314 g/mol. The maximum Gasteiger partial charge on any atom is 0.263 e. The van der Waals surface area contributed by atoms with Crippen molar-refractivity contribution in [1.29, 1.82) is 5.26 Å². The van der Waals surface area contributed by atoms with E-state index in [0.29, 0.717) is 10.9 Å². The third kappa shape index (κ3) is 3.50. The number of nitriles is 1. The number of nitrogens with zero attached hydrogens (tertiary/aromatic N) is 2. The Morgan fingerprint density at radius 3 is 2.75 bits per heavy atom. The van der Waals surface area contributed by atoms with E-state index in [1.807, 2.05) is 6.07 Å². The zero-order valence-electron chi connectivity index (χ0n) is 10.5. The highest BCUT2D eigenvalue weighted by atomic mass is 32.2. The monoisotopic (exact) mass is 325 g/mol. The van der Waals surface area contributed by atoms with Crippen LogP contribution in [0.1, 0.15) is 5.69 Å². The quantitative estimate of drug-likeness (QED) is 0.855. The molecule has 5 nitrogen and oxygen atoms in total. The van der Waals surface area contributed by atoms with Crippen LogP contribution in [0, 0.1) is 18.3 Å². The van der Waals surface area contributed by atoms with E-state index in [9.17, 15) is 8.42 Å². The molecule has 1 N–H and O–H groups in total. The number of benzene rings is 1. The predicted molar refractivity (Wildman–Crippen MR) is 80.4 cm³/mol. The third-order valence-electron chi connectivity index (χ3n) is 2.30. The molecule has 0 amide bonds. The molecule has 1 aromatic heterocycles. The molecule has 0 unspecified atom stereocenters. The number of hydrogen-bond donors (Lipinski definition) is 1. The van der Waals surface area contributed by atoms with Gasteiger partial charge in [-0.05, 0) is 19.1 Å². The molecule has 0 saturated carbocycles. The highest BCUT2D eigenvalue weighted by Gasteiger charge is 2.17. The fraction of sp³-hybridized carbons (Fsp3) is 0.167. The summed E-state index contributed by atoms with van der Waals surface area (Å²) < 4.78 is 27.6. The molecule has 0 aliphatic carbocycles. The highest BCUT2D eigenvalue weighted by molar-refractivity contribution is 8.01. The van der Waals surface area contributed by atoms with Crippen LogP contribution in [0.3, 0.4) is 0 Å². The minimum atomic E-state index is -3.61. The van der Waals surface area contributed by atoms with Gasteiger partial charge in [-0.25, -0.2) is 13.4 Å². The Bertz CT molecular complexity index is 733. The van der Waals surface area contributed by atoms with E-state index in [-0.39, 0.29) is 4.90 Å². The molecule has 0 bridgehead atoms. The van der Waals surface area contributed by atoms with Gasteiger partial charge in [0.2, 0.25) is 0 Å². The summed E-state index contributed by atoms with van der Waals surface area (Å²) in [5, 5.41) is 8.87. The maximum absolute atomic E-state index is 12.1. The van der Waals surface area contributed by atoms with Crippen LogP contribution in [-0.4, -0.2) is 19.2 Å².